The second kappa shape index (κ2) is 8.68. The molecule has 1 fully saturated rings. The monoisotopic (exact) mass is 458 g/mol. The first-order valence-electron chi connectivity index (χ1n) is 11.7. The molecular weight excluding hydrogens is 428 g/mol. The Labute approximate surface area is 198 Å². The van der Waals surface area contributed by atoms with Crippen LogP contribution in [0.15, 0.2) is 41.3 Å². The lowest BCUT2D eigenvalue weighted by molar-refractivity contribution is -0.135. The maximum atomic E-state index is 13.7. The summed E-state index contributed by atoms with van der Waals surface area (Å²) in [5.74, 6) is 1.23. The molecule has 0 aliphatic carbocycles. The zero-order valence-corrected chi connectivity index (χ0v) is 20.1. The number of rotatable bonds is 6. The predicted molar refractivity (Wildman–Crippen MR) is 134 cm³/mol. The van der Waals surface area contributed by atoms with Gasteiger partial charge in [0.15, 0.2) is 0 Å². The van der Waals surface area contributed by atoms with Crippen molar-refractivity contribution in [2.75, 3.05) is 33.7 Å². The fraction of sp³-hybridized carbons (Fsp3) is 0.385. The number of aryl methyl sites for hydroxylation is 1. The Hall–Kier alpha value is -3.52. The molecule has 0 saturated carbocycles. The van der Waals surface area contributed by atoms with E-state index < -0.39 is 0 Å². The van der Waals surface area contributed by atoms with Crippen LogP contribution in [0.4, 0.5) is 0 Å². The van der Waals surface area contributed by atoms with Crippen LogP contribution in [-0.4, -0.2) is 69.2 Å². The van der Waals surface area contributed by atoms with Crippen molar-refractivity contribution in [1.29, 1.82) is 0 Å². The summed E-state index contributed by atoms with van der Waals surface area (Å²) in [5, 5.41) is 8.89. The first kappa shape index (κ1) is 22.3. The minimum absolute atomic E-state index is 0.0107. The van der Waals surface area contributed by atoms with Gasteiger partial charge < -0.3 is 9.80 Å². The van der Waals surface area contributed by atoms with Gasteiger partial charge in [-0.3, -0.25) is 19.3 Å². The normalized spacial score (nSPS) is 14.3. The van der Waals surface area contributed by atoms with E-state index in [4.69, 9.17) is 4.98 Å². The van der Waals surface area contributed by atoms with Crippen LogP contribution in [0.2, 0.25) is 0 Å². The lowest BCUT2D eigenvalue weighted by atomic mass is 9.95. The zero-order valence-electron chi connectivity index (χ0n) is 20.1. The van der Waals surface area contributed by atoms with Crippen molar-refractivity contribution in [1.82, 2.24) is 29.5 Å². The van der Waals surface area contributed by atoms with Crippen molar-refractivity contribution in [3.63, 3.8) is 0 Å². The number of H-pyrrole nitrogens is 1. The van der Waals surface area contributed by atoms with Gasteiger partial charge in [-0.05, 0) is 55.9 Å². The maximum Gasteiger partial charge on any atom is 0.261 e. The first-order valence-corrected chi connectivity index (χ1v) is 11.7. The summed E-state index contributed by atoms with van der Waals surface area (Å²) in [6.45, 7) is 6.45. The number of likely N-dealkylation sites (N-methyl/N-ethyl adjacent to an activating group) is 1. The van der Waals surface area contributed by atoms with Crippen molar-refractivity contribution in [3.05, 3.63) is 58.3 Å². The molecule has 2 aromatic carbocycles. The highest BCUT2D eigenvalue weighted by Gasteiger charge is 2.30. The van der Waals surface area contributed by atoms with E-state index in [1.807, 2.05) is 54.0 Å². The van der Waals surface area contributed by atoms with E-state index in [-0.39, 0.29) is 11.5 Å². The largest absolute Gasteiger partial charge is 0.342 e. The van der Waals surface area contributed by atoms with Crippen molar-refractivity contribution in [3.8, 4) is 11.1 Å². The van der Waals surface area contributed by atoms with Crippen LogP contribution in [0.3, 0.4) is 0 Å². The van der Waals surface area contributed by atoms with Gasteiger partial charge in [-0.25, -0.2) is 4.98 Å². The van der Waals surface area contributed by atoms with Crippen molar-refractivity contribution < 1.29 is 4.79 Å². The van der Waals surface area contributed by atoms with Gasteiger partial charge in [0.05, 0.1) is 22.6 Å². The maximum absolute atomic E-state index is 13.7. The lowest BCUT2D eigenvalue weighted by Gasteiger charge is -2.38. The Morgan fingerprint density at radius 1 is 1.18 bits per heavy atom. The molecule has 0 radical (unpaired) electrons. The van der Waals surface area contributed by atoms with E-state index in [1.165, 1.54) is 0 Å². The van der Waals surface area contributed by atoms with Crippen LogP contribution in [0.5, 0.6) is 0 Å². The summed E-state index contributed by atoms with van der Waals surface area (Å²) in [6.07, 6.45) is 2.53. The molecule has 176 valence electrons. The van der Waals surface area contributed by atoms with E-state index in [2.05, 4.69) is 28.1 Å². The second-order valence-electron chi connectivity index (χ2n) is 9.60. The third kappa shape index (κ3) is 3.98. The fourth-order valence-corrected chi connectivity index (χ4v) is 4.83. The number of likely N-dealkylation sites (tertiary alicyclic amines) is 1. The molecule has 2 aromatic heterocycles. The van der Waals surface area contributed by atoms with E-state index >= 15 is 0 Å². The summed E-state index contributed by atoms with van der Waals surface area (Å²) in [6, 6.07) is 10.1. The second-order valence-corrected chi connectivity index (χ2v) is 9.60. The molecule has 1 aliphatic rings. The molecule has 1 saturated heterocycles. The third-order valence-corrected chi connectivity index (χ3v) is 6.80. The third-order valence-electron chi connectivity index (χ3n) is 6.80. The summed E-state index contributed by atoms with van der Waals surface area (Å²) in [5.41, 5.74) is 4.87. The number of aromatic amines is 1. The number of carbonyl (C=O) groups is 1. The van der Waals surface area contributed by atoms with Crippen LogP contribution in [0, 0.1) is 12.8 Å². The van der Waals surface area contributed by atoms with Crippen LogP contribution >= 0.6 is 0 Å². The number of hydrogen-bond acceptors (Lipinski definition) is 5. The van der Waals surface area contributed by atoms with Crippen molar-refractivity contribution in [2.45, 2.75) is 26.8 Å². The predicted octanol–water partition coefficient (Wildman–Crippen LogP) is 2.83. The highest BCUT2D eigenvalue weighted by molar-refractivity contribution is 5.98. The highest BCUT2D eigenvalue weighted by atomic mass is 16.2. The van der Waals surface area contributed by atoms with Crippen LogP contribution in [0.25, 0.3) is 32.9 Å². The molecule has 0 atom stereocenters. The number of fused-ring (bicyclic) bond motifs is 2. The number of carbonyl (C=O) groups excluding carboxylic acids is 1. The quantitative estimate of drug-likeness (QED) is 0.480. The number of nitrogens with zero attached hydrogens (tertiary/aromatic N) is 5. The molecule has 8 nitrogen and oxygen atoms in total. The molecule has 5 rings (SSSR count). The Morgan fingerprint density at radius 2 is 1.97 bits per heavy atom. The van der Waals surface area contributed by atoms with Crippen molar-refractivity contribution >= 4 is 27.7 Å². The average Bonchev–Trinajstić information content (AvgIpc) is 3.23. The Bertz CT molecular complexity index is 1450. The van der Waals surface area contributed by atoms with Crippen molar-refractivity contribution in [2.24, 2.45) is 5.92 Å². The molecule has 0 unspecified atom stereocenters. The molecule has 0 bridgehead atoms. The molecule has 3 heterocycles. The molecule has 0 spiro atoms. The Balaban J connectivity index is 1.58. The molecule has 4 aromatic rings. The molecular formula is C26H30N6O2. The summed E-state index contributed by atoms with van der Waals surface area (Å²) in [7, 11) is 4.00. The summed E-state index contributed by atoms with van der Waals surface area (Å²) in [4.78, 5) is 34.1. The lowest BCUT2D eigenvalue weighted by Crippen LogP contribution is -2.50. The van der Waals surface area contributed by atoms with E-state index in [0.29, 0.717) is 29.8 Å². The average molecular weight is 459 g/mol. The van der Waals surface area contributed by atoms with Gasteiger partial charge in [0, 0.05) is 50.8 Å². The Kier molecular flexibility index (Phi) is 5.69. The highest BCUT2D eigenvalue weighted by Crippen LogP contribution is 2.32. The summed E-state index contributed by atoms with van der Waals surface area (Å²) < 4.78 is 1.83. The molecule has 34 heavy (non-hydrogen) atoms. The first-order chi connectivity index (χ1) is 16.3. The standard InChI is InChI=1S/C26H30N6O2/c1-16-5-7-23-21(13-27-29-23)25(16)19-6-8-22-20(12-19)26(34)32(10-9-30(3)4)24(28-22)11-18-14-31(15-18)17(2)33/h5-8,12-13,18H,9-11,14-15H2,1-4H3,(H,27,29). The van der Waals surface area contributed by atoms with E-state index in [0.717, 1.165) is 53.1 Å². The topological polar surface area (TPSA) is 87.1 Å². The van der Waals surface area contributed by atoms with Gasteiger partial charge in [0.1, 0.15) is 5.82 Å². The van der Waals surface area contributed by atoms with Gasteiger partial charge in [-0.1, -0.05) is 12.1 Å². The number of amides is 1. The molecule has 1 amide bonds. The van der Waals surface area contributed by atoms with Gasteiger partial charge in [0.2, 0.25) is 5.91 Å². The van der Waals surface area contributed by atoms with E-state index in [1.54, 1.807) is 6.92 Å². The molecule has 8 heteroatoms. The van der Waals surface area contributed by atoms with Crippen LogP contribution in [-0.2, 0) is 17.8 Å². The number of hydrogen-bond donors (Lipinski definition) is 1. The Morgan fingerprint density at radius 3 is 2.71 bits per heavy atom. The zero-order chi connectivity index (χ0) is 24.0. The van der Waals surface area contributed by atoms with Gasteiger partial charge in [-0.15, -0.1) is 0 Å². The van der Waals surface area contributed by atoms with Gasteiger partial charge in [0.25, 0.3) is 5.56 Å². The molecule has 1 aliphatic heterocycles. The van der Waals surface area contributed by atoms with Crippen LogP contribution < -0.4 is 5.56 Å². The number of aromatic nitrogens is 4. The van der Waals surface area contributed by atoms with Crippen LogP contribution in [0.1, 0.15) is 18.3 Å². The van der Waals surface area contributed by atoms with E-state index in [9.17, 15) is 9.59 Å². The SMILES string of the molecule is CC(=O)N1CC(Cc2nc3ccc(-c4c(C)ccc5[nH]ncc45)cc3c(=O)n2CCN(C)C)C1. The smallest absolute Gasteiger partial charge is 0.261 e. The number of nitrogens with one attached hydrogen (secondary N) is 1. The van der Waals surface area contributed by atoms with Gasteiger partial charge >= 0.3 is 0 Å². The molecule has 1 N–H and O–H groups in total. The minimum Gasteiger partial charge on any atom is -0.342 e. The summed E-state index contributed by atoms with van der Waals surface area (Å²) >= 11 is 0. The van der Waals surface area contributed by atoms with Gasteiger partial charge in [-0.2, -0.15) is 5.10 Å². The minimum atomic E-state index is -0.0107. The number of benzene rings is 2. The fourth-order valence-electron chi connectivity index (χ4n) is 4.83.